The van der Waals surface area contributed by atoms with E-state index < -0.39 is 0 Å². The highest BCUT2D eigenvalue weighted by Crippen LogP contribution is 2.31. The summed E-state index contributed by atoms with van der Waals surface area (Å²) < 4.78 is 0. The molecule has 0 aliphatic carbocycles. The highest BCUT2D eigenvalue weighted by molar-refractivity contribution is 6.42. The largest absolute Gasteiger partial charge is 0.399 e. The number of halogens is 4. The molecule has 0 saturated carbocycles. The first-order valence-corrected chi connectivity index (χ1v) is 17.1. The second kappa shape index (κ2) is 16.3. The Morgan fingerprint density at radius 1 is 1.00 bits per heavy atom. The third kappa shape index (κ3) is 8.89. The van der Waals surface area contributed by atoms with Gasteiger partial charge >= 0.3 is 6.03 Å². The average Bonchev–Trinajstić information content (AvgIpc) is 3.06. The van der Waals surface area contributed by atoms with Crippen molar-refractivity contribution < 1.29 is 14.4 Å². The van der Waals surface area contributed by atoms with Crippen molar-refractivity contribution in [3.63, 3.8) is 0 Å². The van der Waals surface area contributed by atoms with Gasteiger partial charge in [-0.25, -0.2) is 9.78 Å². The Kier molecular flexibility index (Phi) is 12.3. The molecule has 0 radical (unpaired) electrons. The quantitative estimate of drug-likeness (QED) is 0.150. The van der Waals surface area contributed by atoms with Crippen LogP contribution in [0.15, 0.2) is 65.9 Å². The first-order chi connectivity index (χ1) is 22.6. The molecule has 2 aromatic carbocycles. The van der Waals surface area contributed by atoms with Gasteiger partial charge in [0.05, 0.1) is 22.3 Å². The molecule has 0 unspecified atom stereocenters. The highest BCUT2D eigenvalue weighted by atomic mass is 35.5. The van der Waals surface area contributed by atoms with Crippen molar-refractivity contribution in [1.82, 2.24) is 19.7 Å². The first-order valence-electron chi connectivity index (χ1n) is 15.6. The molecular formula is C34H38Cl4N6O3. The molecule has 1 atom stereocenters. The number of urea groups is 1. The smallest absolute Gasteiger partial charge is 0.325 e. The van der Waals surface area contributed by atoms with Gasteiger partial charge in [-0.15, -0.1) is 0 Å². The Bertz CT molecular complexity index is 1570. The minimum absolute atomic E-state index is 0.0345. The fourth-order valence-corrected chi connectivity index (χ4v) is 7.20. The number of aromatic nitrogens is 1. The molecule has 13 heteroatoms. The summed E-state index contributed by atoms with van der Waals surface area (Å²) in [6.45, 7) is 4.13. The number of carbonyl (C=O) groups excluding carboxylic acids is 2. The van der Waals surface area contributed by atoms with E-state index in [-0.39, 0.29) is 30.4 Å². The Hall–Kier alpha value is -3.08. The van der Waals surface area contributed by atoms with E-state index in [0.717, 1.165) is 51.0 Å². The average molecular weight is 721 g/mol. The van der Waals surface area contributed by atoms with Crippen LogP contribution in [0.3, 0.4) is 0 Å². The Morgan fingerprint density at radius 3 is 2.40 bits per heavy atom. The van der Waals surface area contributed by atoms with Gasteiger partial charge in [0.1, 0.15) is 12.9 Å². The number of amides is 3. The van der Waals surface area contributed by atoms with Gasteiger partial charge in [-0.3, -0.25) is 9.69 Å². The van der Waals surface area contributed by atoms with E-state index in [2.05, 4.69) is 15.0 Å². The van der Waals surface area contributed by atoms with Crippen molar-refractivity contribution in [2.24, 2.45) is 5.16 Å². The third-order valence-corrected chi connectivity index (χ3v) is 9.90. The molecule has 1 aromatic heterocycles. The van der Waals surface area contributed by atoms with Gasteiger partial charge in [0.2, 0.25) is 0 Å². The predicted molar refractivity (Wildman–Crippen MR) is 189 cm³/mol. The number of nitrogens with zero attached hydrogens (tertiary/aromatic N) is 6. The molecule has 3 heterocycles. The van der Waals surface area contributed by atoms with Crippen molar-refractivity contribution in [2.45, 2.75) is 37.6 Å². The van der Waals surface area contributed by atoms with Crippen LogP contribution in [0, 0.1) is 0 Å². The molecule has 250 valence electrons. The van der Waals surface area contributed by atoms with Gasteiger partial charge in [0.25, 0.3) is 5.91 Å². The monoisotopic (exact) mass is 718 g/mol. The minimum Gasteiger partial charge on any atom is -0.399 e. The summed E-state index contributed by atoms with van der Waals surface area (Å²) in [4.78, 5) is 44.3. The number of anilines is 1. The van der Waals surface area contributed by atoms with Gasteiger partial charge < -0.3 is 19.5 Å². The second-order valence-electron chi connectivity index (χ2n) is 11.8. The lowest BCUT2D eigenvalue weighted by atomic mass is 9.89. The summed E-state index contributed by atoms with van der Waals surface area (Å²) in [5.74, 6) is 0.239. The molecular weight excluding hydrogens is 682 g/mol. The van der Waals surface area contributed by atoms with Gasteiger partial charge in [-0.2, -0.15) is 0 Å². The highest BCUT2D eigenvalue weighted by Gasteiger charge is 2.34. The molecule has 47 heavy (non-hydrogen) atoms. The van der Waals surface area contributed by atoms with Crippen LogP contribution in [0.25, 0.3) is 0 Å². The molecule has 0 N–H and O–H groups in total. The van der Waals surface area contributed by atoms with Crippen LogP contribution >= 0.6 is 46.4 Å². The normalized spacial score (nSPS) is 17.1. The summed E-state index contributed by atoms with van der Waals surface area (Å²) in [6, 6.07) is 16.2. The predicted octanol–water partition coefficient (Wildman–Crippen LogP) is 7.74. The number of carbonyl (C=O) groups is 2. The maximum absolute atomic E-state index is 13.4. The van der Waals surface area contributed by atoms with E-state index in [9.17, 15) is 9.59 Å². The number of rotatable bonds is 11. The van der Waals surface area contributed by atoms with Crippen LogP contribution in [-0.4, -0.2) is 96.8 Å². The lowest BCUT2D eigenvalue weighted by Crippen LogP contribution is -2.56. The maximum Gasteiger partial charge on any atom is 0.325 e. The molecule has 3 aromatic rings. The van der Waals surface area contributed by atoms with Crippen LogP contribution in [0.4, 0.5) is 10.6 Å². The number of benzene rings is 2. The number of pyridine rings is 1. The third-order valence-electron chi connectivity index (χ3n) is 8.73. The molecule has 3 amide bonds. The Labute approximate surface area is 295 Å². The first kappa shape index (κ1) is 35.2. The molecule has 2 saturated heterocycles. The van der Waals surface area contributed by atoms with Crippen molar-refractivity contribution in [3.05, 3.63) is 92.0 Å². The van der Waals surface area contributed by atoms with Crippen LogP contribution in [0.5, 0.6) is 0 Å². The standard InChI is InChI=1S/C34H38Cl4N6O3/c1-41(33(45)24-18-25(35)21-26(36)19-24)22-31(40-47-2)28(23-7-8-29(37)30(38)20-23)11-17-42-15-9-27(10-16-42)43-13-5-14-44(34(43)46)32-6-3-4-12-39-32/h3-4,6-8,12,18-21,27-28H,5,9-11,13-17,22H2,1-2H3/b40-31-/t28-/m1/s1. The molecule has 0 bridgehead atoms. The molecule has 2 fully saturated rings. The Morgan fingerprint density at radius 2 is 1.74 bits per heavy atom. The number of piperidine rings is 1. The van der Waals surface area contributed by atoms with Crippen LogP contribution in [-0.2, 0) is 4.84 Å². The summed E-state index contributed by atoms with van der Waals surface area (Å²) in [5, 5.41) is 6.07. The van der Waals surface area contributed by atoms with E-state index in [1.165, 1.54) is 7.11 Å². The number of likely N-dealkylation sites (tertiary alicyclic amines) is 1. The van der Waals surface area contributed by atoms with Gasteiger partial charge in [-0.05, 0) is 80.3 Å². The summed E-state index contributed by atoms with van der Waals surface area (Å²) in [7, 11) is 3.20. The van der Waals surface area contributed by atoms with Crippen molar-refractivity contribution >= 4 is 69.9 Å². The fraction of sp³-hybridized carbons (Fsp3) is 0.412. The maximum atomic E-state index is 13.4. The van der Waals surface area contributed by atoms with Crippen molar-refractivity contribution in [3.8, 4) is 0 Å². The van der Waals surface area contributed by atoms with Crippen LogP contribution in [0.1, 0.15) is 47.5 Å². The van der Waals surface area contributed by atoms with E-state index in [1.54, 1.807) is 47.3 Å². The molecule has 0 spiro atoms. The second-order valence-corrected chi connectivity index (χ2v) is 13.5. The topological polar surface area (TPSA) is 81.6 Å². The minimum atomic E-state index is -0.248. The van der Waals surface area contributed by atoms with Crippen LogP contribution in [0.2, 0.25) is 20.1 Å². The van der Waals surface area contributed by atoms with E-state index in [4.69, 9.17) is 51.2 Å². The van der Waals surface area contributed by atoms with Gasteiger partial charge in [0, 0.05) is 67.0 Å². The zero-order chi connectivity index (χ0) is 33.5. The number of hydrogen-bond acceptors (Lipinski definition) is 6. The van der Waals surface area contributed by atoms with Gasteiger partial charge in [-0.1, -0.05) is 63.7 Å². The zero-order valence-electron chi connectivity index (χ0n) is 26.4. The lowest BCUT2D eigenvalue weighted by molar-refractivity contribution is 0.0812. The molecule has 2 aliphatic heterocycles. The molecule has 9 nitrogen and oxygen atoms in total. The SMILES string of the molecule is CO/N=C(/CN(C)C(=O)c1cc(Cl)cc(Cl)c1)[C@H](CCN1CCC(N2CCCN(c3ccccn3)C2=O)CC1)c1ccc(Cl)c(Cl)c1. The van der Waals surface area contributed by atoms with E-state index in [0.29, 0.717) is 50.1 Å². The van der Waals surface area contributed by atoms with E-state index >= 15 is 0 Å². The molecule has 2 aliphatic rings. The number of hydrogen-bond donors (Lipinski definition) is 0. The lowest BCUT2D eigenvalue weighted by Gasteiger charge is -2.43. The summed E-state index contributed by atoms with van der Waals surface area (Å²) >= 11 is 25.1. The Balaban J connectivity index is 1.26. The van der Waals surface area contributed by atoms with E-state index in [1.807, 2.05) is 35.2 Å². The van der Waals surface area contributed by atoms with Crippen molar-refractivity contribution in [1.29, 1.82) is 0 Å². The zero-order valence-corrected chi connectivity index (χ0v) is 29.4. The van der Waals surface area contributed by atoms with Gasteiger partial charge in [0.15, 0.2) is 0 Å². The summed E-state index contributed by atoms with van der Waals surface area (Å²) in [5.41, 5.74) is 1.97. The fourth-order valence-electron chi connectivity index (χ4n) is 6.36. The molecule has 5 rings (SSSR count). The summed E-state index contributed by atoms with van der Waals surface area (Å²) in [6.07, 6.45) is 5.11. The van der Waals surface area contributed by atoms with Crippen molar-refractivity contribution in [2.75, 3.05) is 58.3 Å². The van der Waals surface area contributed by atoms with Crippen LogP contribution < -0.4 is 4.90 Å². The number of oxime groups is 1.